The number of aromatic nitrogens is 1. The second-order valence-corrected chi connectivity index (χ2v) is 4.20. The van der Waals surface area contributed by atoms with Crippen molar-refractivity contribution < 1.29 is 18.6 Å². The standard InChI is InChI=1S/C14H10N2O5/c17-16(18)11-3-1-4-12(8-11)20-9-10-7-14(21-15-10)13-5-2-6-19-13/h1-8H,9H2. The molecule has 0 saturated carbocycles. The van der Waals surface area contributed by atoms with Gasteiger partial charge in [-0.1, -0.05) is 11.2 Å². The Balaban J connectivity index is 1.68. The summed E-state index contributed by atoms with van der Waals surface area (Å²) in [6.07, 6.45) is 1.54. The minimum absolute atomic E-state index is 0.0241. The van der Waals surface area contributed by atoms with Crippen LogP contribution in [0.5, 0.6) is 5.75 Å². The van der Waals surface area contributed by atoms with Crippen LogP contribution >= 0.6 is 0 Å². The van der Waals surface area contributed by atoms with Gasteiger partial charge in [0.15, 0.2) is 5.76 Å². The van der Waals surface area contributed by atoms with E-state index in [9.17, 15) is 10.1 Å². The number of nitro groups is 1. The molecular weight excluding hydrogens is 276 g/mol. The predicted octanol–water partition coefficient (Wildman–Crippen LogP) is 3.42. The van der Waals surface area contributed by atoms with E-state index in [4.69, 9.17) is 13.7 Å². The smallest absolute Gasteiger partial charge is 0.273 e. The molecule has 0 amide bonds. The van der Waals surface area contributed by atoms with E-state index in [1.54, 1.807) is 30.3 Å². The Morgan fingerprint density at radius 3 is 2.86 bits per heavy atom. The Morgan fingerprint density at radius 1 is 1.19 bits per heavy atom. The number of furan rings is 1. The predicted molar refractivity (Wildman–Crippen MR) is 71.6 cm³/mol. The van der Waals surface area contributed by atoms with E-state index in [0.29, 0.717) is 23.0 Å². The zero-order valence-electron chi connectivity index (χ0n) is 10.8. The molecule has 0 aliphatic heterocycles. The molecule has 3 rings (SSSR count). The number of hydrogen-bond acceptors (Lipinski definition) is 6. The number of hydrogen-bond donors (Lipinski definition) is 0. The molecule has 0 atom stereocenters. The molecule has 2 aromatic heterocycles. The van der Waals surface area contributed by atoms with Crippen LogP contribution < -0.4 is 4.74 Å². The fourth-order valence-electron chi connectivity index (χ4n) is 1.76. The zero-order valence-corrected chi connectivity index (χ0v) is 10.8. The first-order valence-corrected chi connectivity index (χ1v) is 6.09. The van der Waals surface area contributed by atoms with Gasteiger partial charge in [0, 0.05) is 12.1 Å². The number of rotatable bonds is 5. The van der Waals surface area contributed by atoms with Gasteiger partial charge < -0.3 is 13.7 Å². The van der Waals surface area contributed by atoms with Crippen LogP contribution in [0.4, 0.5) is 5.69 Å². The van der Waals surface area contributed by atoms with Gasteiger partial charge >= 0.3 is 0 Å². The summed E-state index contributed by atoms with van der Waals surface area (Å²) in [6, 6.07) is 11.1. The van der Waals surface area contributed by atoms with E-state index < -0.39 is 4.92 Å². The Morgan fingerprint density at radius 2 is 2.10 bits per heavy atom. The van der Waals surface area contributed by atoms with E-state index in [0.717, 1.165) is 0 Å². The van der Waals surface area contributed by atoms with Crippen molar-refractivity contribution in [3.05, 3.63) is 64.5 Å². The summed E-state index contributed by atoms with van der Waals surface area (Å²) in [4.78, 5) is 10.2. The van der Waals surface area contributed by atoms with Crippen molar-refractivity contribution in [3.63, 3.8) is 0 Å². The molecule has 3 aromatic rings. The Labute approximate surface area is 118 Å². The van der Waals surface area contributed by atoms with Crippen molar-refractivity contribution in [1.82, 2.24) is 5.16 Å². The van der Waals surface area contributed by atoms with E-state index in [1.165, 1.54) is 18.4 Å². The van der Waals surface area contributed by atoms with Gasteiger partial charge in [-0.3, -0.25) is 10.1 Å². The molecule has 0 saturated heterocycles. The van der Waals surface area contributed by atoms with Gasteiger partial charge in [0.2, 0.25) is 5.76 Å². The lowest BCUT2D eigenvalue weighted by molar-refractivity contribution is -0.384. The monoisotopic (exact) mass is 286 g/mol. The molecule has 0 aliphatic rings. The van der Waals surface area contributed by atoms with Crippen molar-refractivity contribution in [2.45, 2.75) is 6.61 Å². The molecule has 0 bridgehead atoms. The molecule has 0 N–H and O–H groups in total. The largest absolute Gasteiger partial charge is 0.487 e. The van der Waals surface area contributed by atoms with Crippen LogP contribution in [0, 0.1) is 10.1 Å². The molecule has 7 heteroatoms. The van der Waals surface area contributed by atoms with Crippen molar-refractivity contribution in [2.24, 2.45) is 0 Å². The Bertz CT molecular complexity index is 748. The molecule has 0 unspecified atom stereocenters. The van der Waals surface area contributed by atoms with E-state index >= 15 is 0 Å². The highest BCUT2D eigenvalue weighted by molar-refractivity contribution is 5.49. The fourth-order valence-corrected chi connectivity index (χ4v) is 1.76. The van der Waals surface area contributed by atoms with E-state index in [1.807, 2.05) is 0 Å². The number of ether oxygens (including phenoxy) is 1. The Hall–Kier alpha value is -3.09. The van der Waals surface area contributed by atoms with Gasteiger partial charge in [0.1, 0.15) is 18.1 Å². The van der Waals surface area contributed by atoms with Gasteiger partial charge in [-0.05, 0) is 18.2 Å². The third-order valence-electron chi connectivity index (χ3n) is 2.74. The van der Waals surface area contributed by atoms with Gasteiger partial charge in [-0.15, -0.1) is 0 Å². The van der Waals surface area contributed by atoms with Crippen molar-refractivity contribution in [2.75, 3.05) is 0 Å². The van der Waals surface area contributed by atoms with Crippen molar-refractivity contribution in [3.8, 4) is 17.3 Å². The van der Waals surface area contributed by atoms with Crippen molar-refractivity contribution >= 4 is 5.69 Å². The number of nitrogens with zero attached hydrogens (tertiary/aromatic N) is 2. The first kappa shape index (κ1) is 12.9. The number of benzene rings is 1. The first-order chi connectivity index (χ1) is 10.2. The summed E-state index contributed by atoms with van der Waals surface area (Å²) < 4.78 is 15.8. The highest BCUT2D eigenvalue weighted by Crippen LogP contribution is 2.23. The molecule has 1 aromatic carbocycles. The highest BCUT2D eigenvalue weighted by atomic mass is 16.6. The minimum atomic E-state index is -0.474. The molecular formula is C14H10N2O5. The number of nitro benzene ring substituents is 1. The third-order valence-corrected chi connectivity index (χ3v) is 2.74. The summed E-state index contributed by atoms with van der Waals surface area (Å²) in [7, 11) is 0. The lowest BCUT2D eigenvalue weighted by atomic mass is 10.3. The molecule has 0 aliphatic carbocycles. The summed E-state index contributed by atoms with van der Waals surface area (Å²) in [5.41, 5.74) is 0.539. The molecule has 2 heterocycles. The van der Waals surface area contributed by atoms with Gasteiger partial charge in [-0.25, -0.2) is 0 Å². The fraction of sp³-hybridized carbons (Fsp3) is 0.0714. The zero-order chi connectivity index (χ0) is 14.7. The highest BCUT2D eigenvalue weighted by Gasteiger charge is 2.10. The summed E-state index contributed by atoms with van der Waals surface area (Å²) in [5.74, 6) is 1.47. The number of non-ortho nitro benzene ring substituents is 1. The average molecular weight is 286 g/mol. The lowest BCUT2D eigenvalue weighted by Crippen LogP contribution is -1.96. The second kappa shape index (κ2) is 5.49. The van der Waals surface area contributed by atoms with E-state index in [2.05, 4.69) is 5.16 Å². The molecule has 106 valence electrons. The van der Waals surface area contributed by atoms with Gasteiger partial charge in [-0.2, -0.15) is 0 Å². The SMILES string of the molecule is O=[N+]([O-])c1cccc(OCc2cc(-c3ccco3)on2)c1. The summed E-state index contributed by atoms with van der Waals surface area (Å²) in [5, 5.41) is 14.5. The molecule has 0 radical (unpaired) electrons. The van der Waals surface area contributed by atoms with Crippen molar-refractivity contribution in [1.29, 1.82) is 0 Å². The topological polar surface area (TPSA) is 91.5 Å². The third kappa shape index (κ3) is 2.92. The van der Waals surface area contributed by atoms with Crippen LogP contribution in [0.1, 0.15) is 5.69 Å². The van der Waals surface area contributed by atoms with Crippen LogP contribution in [0.3, 0.4) is 0 Å². The normalized spacial score (nSPS) is 10.5. The van der Waals surface area contributed by atoms with Gasteiger partial charge in [0.05, 0.1) is 17.3 Å². The molecule has 0 fully saturated rings. The maximum absolute atomic E-state index is 10.7. The van der Waals surface area contributed by atoms with Crippen LogP contribution in [-0.4, -0.2) is 10.1 Å². The maximum Gasteiger partial charge on any atom is 0.273 e. The quantitative estimate of drug-likeness (QED) is 0.527. The van der Waals surface area contributed by atoms with Gasteiger partial charge in [0.25, 0.3) is 5.69 Å². The summed E-state index contributed by atoms with van der Waals surface area (Å²) >= 11 is 0. The van der Waals surface area contributed by atoms with Crippen LogP contribution in [0.15, 0.2) is 57.7 Å². The first-order valence-electron chi connectivity index (χ1n) is 6.09. The minimum Gasteiger partial charge on any atom is -0.487 e. The Kier molecular flexibility index (Phi) is 3.38. The molecule has 7 nitrogen and oxygen atoms in total. The maximum atomic E-state index is 10.7. The lowest BCUT2D eigenvalue weighted by Gasteiger charge is -2.02. The van der Waals surface area contributed by atoms with Crippen LogP contribution in [0.2, 0.25) is 0 Å². The van der Waals surface area contributed by atoms with Crippen LogP contribution in [0.25, 0.3) is 11.5 Å². The molecule has 21 heavy (non-hydrogen) atoms. The second-order valence-electron chi connectivity index (χ2n) is 4.20. The average Bonchev–Trinajstić information content (AvgIpc) is 3.16. The molecule has 0 spiro atoms. The van der Waals surface area contributed by atoms with Crippen LogP contribution in [-0.2, 0) is 6.61 Å². The summed E-state index contributed by atoms with van der Waals surface area (Å²) in [6.45, 7) is 0.144. The van der Waals surface area contributed by atoms with E-state index in [-0.39, 0.29) is 12.3 Å².